The Morgan fingerprint density at radius 1 is 1.35 bits per heavy atom. The molecule has 1 heterocycles. The second-order valence-corrected chi connectivity index (χ2v) is 6.26. The van der Waals surface area contributed by atoms with Crippen LogP contribution in [0.4, 0.5) is 0 Å². The molecule has 2 rings (SSSR count). The van der Waals surface area contributed by atoms with Gasteiger partial charge in [0.1, 0.15) is 4.88 Å². The van der Waals surface area contributed by atoms with Crippen LogP contribution in [0.2, 0.25) is 5.02 Å². The van der Waals surface area contributed by atoms with Crippen LogP contribution in [0.3, 0.4) is 0 Å². The van der Waals surface area contributed by atoms with Gasteiger partial charge in [-0.25, -0.2) is 4.79 Å². The van der Waals surface area contributed by atoms with Crippen molar-refractivity contribution >= 4 is 28.9 Å². The number of rotatable bonds is 5. The van der Waals surface area contributed by atoms with Crippen molar-refractivity contribution < 1.29 is 9.90 Å². The quantitative estimate of drug-likeness (QED) is 0.895. The Morgan fingerprint density at radius 3 is 2.65 bits per heavy atom. The van der Waals surface area contributed by atoms with E-state index in [0.29, 0.717) is 11.4 Å². The number of carbonyl (C=O) groups is 1. The summed E-state index contributed by atoms with van der Waals surface area (Å²) in [4.78, 5) is 14.4. The van der Waals surface area contributed by atoms with E-state index in [1.807, 2.05) is 37.4 Å². The number of hydrogen-bond acceptors (Lipinski definition) is 3. The predicted octanol–water partition coefficient (Wildman–Crippen LogP) is 4.29. The van der Waals surface area contributed by atoms with E-state index in [0.717, 1.165) is 15.5 Å². The Kier molecular flexibility index (Phi) is 4.81. The van der Waals surface area contributed by atoms with Gasteiger partial charge in [0, 0.05) is 22.5 Å². The third-order valence-electron chi connectivity index (χ3n) is 3.29. The number of nitrogens with zero attached hydrogens (tertiary/aromatic N) is 1. The fraction of sp³-hybridized carbons (Fsp3) is 0.267. The molecule has 1 N–H and O–H groups in total. The van der Waals surface area contributed by atoms with Gasteiger partial charge in [-0.1, -0.05) is 29.8 Å². The van der Waals surface area contributed by atoms with Crippen LogP contribution in [-0.2, 0) is 6.54 Å². The molecule has 0 aliphatic rings. The van der Waals surface area contributed by atoms with Gasteiger partial charge in [0.15, 0.2) is 0 Å². The molecule has 1 unspecified atom stereocenters. The van der Waals surface area contributed by atoms with Gasteiger partial charge in [-0.05, 0) is 37.7 Å². The molecule has 1 aromatic heterocycles. The lowest BCUT2D eigenvalue weighted by Crippen LogP contribution is -2.21. The van der Waals surface area contributed by atoms with E-state index in [1.54, 1.807) is 6.07 Å². The van der Waals surface area contributed by atoms with Gasteiger partial charge in [-0.2, -0.15) is 0 Å². The number of hydrogen-bond donors (Lipinski definition) is 1. The number of halogens is 1. The normalized spacial score (nSPS) is 12.6. The molecule has 1 atom stereocenters. The van der Waals surface area contributed by atoms with Crippen molar-refractivity contribution in [3.05, 3.63) is 56.7 Å². The van der Waals surface area contributed by atoms with Crippen molar-refractivity contribution in [2.75, 3.05) is 7.05 Å². The summed E-state index contributed by atoms with van der Waals surface area (Å²) >= 11 is 7.52. The van der Waals surface area contributed by atoms with E-state index in [9.17, 15) is 4.79 Å². The van der Waals surface area contributed by atoms with Crippen molar-refractivity contribution in [2.24, 2.45) is 0 Å². The number of carboxylic acids is 1. The largest absolute Gasteiger partial charge is 0.477 e. The van der Waals surface area contributed by atoms with Crippen LogP contribution in [-0.4, -0.2) is 23.0 Å². The topological polar surface area (TPSA) is 40.5 Å². The Balaban J connectivity index is 2.09. The molecular formula is C15H16ClNO2S. The molecule has 0 spiro atoms. The van der Waals surface area contributed by atoms with Crippen molar-refractivity contribution in [1.82, 2.24) is 4.90 Å². The summed E-state index contributed by atoms with van der Waals surface area (Å²) in [5.74, 6) is -0.872. The van der Waals surface area contributed by atoms with Crippen LogP contribution in [0.25, 0.3) is 0 Å². The highest BCUT2D eigenvalue weighted by Crippen LogP contribution is 2.28. The van der Waals surface area contributed by atoms with E-state index in [1.165, 1.54) is 11.3 Å². The Bertz CT molecular complexity index is 611. The first-order chi connectivity index (χ1) is 9.49. The third-order valence-corrected chi connectivity index (χ3v) is 4.70. The fourth-order valence-electron chi connectivity index (χ4n) is 2.01. The Labute approximate surface area is 127 Å². The van der Waals surface area contributed by atoms with Gasteiger partial charge < -0.3 is 5.11 Å². The predicted molar refractivity (Wildman–Crippen MR) is 82.6 cm³/mol. The molecule has 0 aliphatic carbocycles. The highest BCUT2D eigenvalue weighted by atomic mass is 35.5. The van der Waals surface area contributed by atoms with Crippen molar-refractivity contribution in [3.63, 3.8) is 0 Å². The molecular weight excluding hydrogens is 294 g/mol. The Morgan fingerprint density at radius 2 is 2.05 bits per heavy atom. The van der Waals surface area contributed by atoms with Crippen molar-refractivity contribution in [3.8, 4) is 0 Å². The maximum absolute atomic E-state index is 10.9. The average molecular weight is 310 g/mol. The smallest absolute Gasteiger partial charge is 0.345 e. The van der Waals surface area contributed by atoms with Crippen LogP contribution in [0.1, 0.15) is 33.1 Å². The summed E-state index contributed by atoms with van der Waals surface area (Å²) in [5.41, 5.74) is 1.08. The summed E-state index contributed by atoms with van der Waals surface area (Å²) in [5, 5.41) is 9.69. The summed E-state index contributed by atoms with van der Waals surface area (Å²) < 4.78 is 0. The number of carboxylic acid groups (broad SMARTS) is 1. The molecule has 0 fully saturated rings. The van der Waals surface area contributed by atoms with E-state index in [-0.39, 0.29) is 6.04 Å². The maximum Gasteiger partial charge on any atom is 0.345 e. The highest BCUT2D eigenvalue weighted by Gasteiger charge is 2.16. The molecule has 3 nitrogen and oxygen atoms in total. The molecule has 0 saturated carbocycles. The first-order valence-corrected chi connectivity index (χ1v) is 7.45. The van der Waals surface area contributed by atoms with Crippen molar-refractivity contribution in [1.29, 1.82) is 0 Å². The maximum atomic E-state index is 10.9. The zero-order valence-corrected chi connectivity index (χ0v) is 12.9. The van der Waals surface area contributed by atoms with E-state index < -0.39 is 5.97 Å². The minimum absolute atomic E-state index is 0.166. The Hall–Kier alpha value is -1.36. The summed E-state index contributed by atoms with van der Waals surface area (Å²) in [6, 6.07) is 11.5. The summed E-state index contributed by atoms with van der Waals surface area (Å²) in [6.45, 7) is 2.79. The number of aromatic carboxylic acids is 1. The first-order valence-electron chi connectivity index (χ1n) is 6.25. The minimum Gasteiger partial charge on any atom is -0.477 e. The fourth-order valence-corrected chi connectivity index (χ4v) is 3.22. The number of thiophene rings is 1. The van der Waals surface area contributed by atoms with Gasteiger partial charge in [-0.15, -0.1) is 11.3 Å². The number of benzene rings is 1. The summed E-state index contributed by atoms with van der Waals surface area (Å²) in [6.07, 6.45) is 0. The lowest BCUT2D eigenvalue weighted by atomic mass is 10.1. The van der Waals surface area contributed by atoms with Crippen LogP contribution >= 0.6 is 22.9 Å². The van der Waals surface area contributed by atoms with Crippen LogP contribution < -0.4 is 0 Å². The average Bonchev–Trinajstić information content (AvgIpc) is 2.87. The molecule has 0 radical (unpaired) electrons. The monoisotopic (exact) mass is 309 g/mol. The van der Waals surface area contributed by atoms with Crippen molar-refractivity contribution in [2.45, 2.75) is 19.5 Å². The lowest BCUT2D eigenvalue weighted by molar-refractivity contribution is 0.0702. The second kappa shape index (κ2) is 6.39. The van der Waals surface area contributed by atoms with Gasteiger partial charge >= 0.3 is 5.97 Å². The molecule has 106 valence electrons. The SMILES string of the molecule is CC(c1ccccc1Cl)N(C)Cc1ccc(C(=O)O)s1. The van der Waals surface area contributed by atoms with Crippen LogP contribution in [0.15, 0.2) is 36.4 Å². The molecule has 2 aromatic rings. The third kappa shape index (κ3) is 3.39. The zero-order chi connectivity index (χ0) is 14.7. The standard InChI is InChI=1S/C15H16ClNO2S/c1-10(12-5-3-4-6-13(12)16)17(2)9-11-7-8-14(20-11)15(18)19/h3-8,10H,9H2,1-2H3,(H,18,19). The minimum atomic E-state index is -0.872. The summed E-state index contributed by atoms with van der Waals surface area (Å²) in [7, 11) is 2.01. The first kappa shape index (κ1) is 15.0. The molecule has 20 heavy (non-hydrogen) atoms. The van der Waals surface area contributed by atoms with Gasteiger partial charge in [0.2, 0.25) is 0 Å². The van der Waals surface area contributed by atoms with E-state index in [2.05, 4.69) is 11.8 Å². The van der Waals surface area contributed by atoms with Gasteiger partial charge in [0.25, 0.3) is 0 Å². The molecule has 1 aromatic carbocycles. The van der Waals surface area contributed by atoms with Crippen LogP contribution in [0.5, 0.6) is 0 Å². The lowest BCUT2D eigenvalue weighted by Gasteiger charge is -2.25. The van der Waals surface area contributed by atoms with Gasteiger partial charge in [-0.3, -0.25) is 4.90 Å². The molecule has 0 bridgehead atoms. The molecule has 0 amide bonds. The molecule has 5 heteroatoms. The molecule has 0 aliphatic heterocycles. The van der Waals surface area contributed by atoms with E-state index in [4.69, 9.17) is 16.7 Å². The second-order valence-electron chi connectivity index (χ2n) is 4.68. The highest BCUT2D eigenvalue weighted by molar-refractivity contribution is 7.13. The molecule has 0 saturated heterocycles. The van der Waals surface area contributed by atoms with Gasteiger partial charge in [0.05, 0.1) is 0 Å². The van der Waals surface area contributed by atoms with E-state index >= 15 is 0 Å². The van der Waals surface area contributed by atoms with Crippen LogP contribution in [0, 0.1) is 0 Å². The zero-order valence-electron chi connectivity index (χ0n) is 11.3.